The molecule has 1 fully saturated rings. The SMILES string of the molecule is NCCCCC(N)C(=O)N[C@@H]1[C@H](O)[C@@H](COP(=O)(O)OP(=O)(O)OP(=O)(O)O)O[C@H]1n1ccc(N)nc1=O. The van der Waals surface area contributed by atoms with E-state index in [9.17, 15) is 38.2 Å². The van der Waals surface area contributed by atoms with Gasteiger partial charge in [-0.1, -0.05) is 6.42 Å². The van der Waals surface area contributed by atoms with Crippen molar-refractivity contribution < 1.29 is 61.1 Å². The Morgan fingerprint density at radius 3 is 2.42 bits per heavy atom. The van der Waals surface area contributed by atoms with E-state index >= 15 is 0 Å². The third-order valence-corrected chi connectivity index (χ3v) is 8.73. The van der Waals surface area contributed by atoms with E-state index in [0.717, 1.165) is 10.8 Å². The first kappa shape index (κ1) is 32.6. The lowest BCUT2D eigenvalue weighted by atomic mass is 10.1. The molecule has 0 aliphatic carbocycles. The maximum absolute atomic E-state index is 12.6. The van der Waals surface area contributed by atoms with E-state index in [1.54, 1.807) is 0 Å². The van der Waals surface area contributed by atoms with E-state index in [1.807, 2.05) is 0 Å². The fourth-order valence-electron chi connectivity index (χ4n) is 3.28. The van der Waals surface area contributed by atoms with Gasteiger partial charge >= 0.3 is 29.2 Å². The predicted octanol–water partition coefficient (Wildman–Crippen LogP) is -2.63. The first-order valence-corrected chi connectivity index (χ1v) is 15.2. The van der Waals surface area contributed by atoms with Crippen molar-refractivity contribution in [1.82, 2.24) is 14.9 Å². The molecule has 12 N–H and O–H groups in total. The van der Waals surface area contributed by atoms with Gasteiger partial charge in [0.2, 0.25) is 5.91 Å². The van der Waals surface area contributed by atoms with Crippen LogP contribution >= 0.6 is 23.5 Å². The first-order chi connectivity index (χ1) is 17.4. The van der Waals surface area contributed by atoms with Crippen LogP contribution in [-0.4, -0.2) is 77.6 Å². The quantitative estimate of drug-likeness (QED) is 0.0768. The number of rotatable bonds is 14. The van der Waals surface area contributed by atoms with Gasteiger partial charge in [-0.15, -0.1) is 0 Å². The Bertz CT molecular complexity index is 1180. The lowest BCUT2D eigenvalue weighted by Crippen LogP contribution is -2.52. The molecule has 0 bridgehead atoms. The van der Waals surface area contributed by atoms with E-state index in [1.165, 1.54) is 6.07 Å². The fraction of sp³-hybridized carbons (Fsp3) is 0.667. The minimum atomic E-state index is -5.79. The summed E-state index contributed by atoms with van der Waals surface area (Å²) in [6.45, 7) is -0.663. The molecule has 0 spiro atoms. The molecule has 0 radical (unpaired) electrons. The monoisotopic (exact) mass is 610 g/mol. The van der Waals surface area contributed by atoms with Gasteiger partial charge in [-0.25, -0.2) is 18.5 Å². The smallest absolute Gasteiger partial charge is 0.388 e. The third-order valence-electron chi connectivity index (χ3n) is 4.93. The van der Waals surface area contributed by atoms with Crippen LogP contribution in [0.25, 0.3) is 0 Å². The first-order valence-electron chi connectivity index (χ1n) is 10.7. The number of nitrogens with one attached hydrogen (secondary N) is 1. The molecule has 38 heavy (non-hydrogen) atoms. The molecular formula is C15H29N6O14P3. The number of phosphoric acid groups is 3. The zero-order valence-corrected chi connectivity index (χ0v) is 22.1. The van der Waals surface area contributed by atoms with Crippen molar-refractivity contribution in [3.8, 4) is 0 Å². The van der Waals surface area contributed by atoms with Crippen molar-refractivity contribution in [2.75, 3.05) is 18.9 Å². The van der Waals surface area contributed by atoms with Crippen molar-refractivity contribution in [1.29, 1.82) is 0 Å². The van der Waals surface area contributed by atoms with E-state index < -0.39 is 72.2 Å². The molecule has 1 aliphatic heterocycles. The number of phosphoric ester groups is 1. The molecule has 0 saturated carbocycles. The Kier molecular flexibility index (Phi) is 11.3. The number of hydrogen-bond acceptors (Lipinski definition) is 14. The molecule has 3 unspecified atom stereocenters. The summed E-state index contributed by atoms with van der Waals surface area (Å²) in [6, 6.07) is -1.20. The Morgan fingerprint density at radius 2 is 1.84 bits per heavy atom. The summed E-state index contributed by atoms with van der Waals surface area (Å²) in [6.07, 6.45) is -2.23. The molecule has 0 aromatic carbocycles. The van der Waals surface area contributed by atoms with Gasteiger partial charge in [-0.3, -0.25) is 13.9 Å². The molecule has 1 aromatic heterocycles. The number of nitrogens with zero attached hydrogens (tertiary/aromatic N) is 2. The normalized spacial score (nSPS) is 25.9. The zero-order valence-electron chi connectivity index (χ0n) is 19.5. The number of amides is 1. The van der Waals surface area contributed by atoms with Gasteiger partial charge in [0.15, 0.2) is 6.23 Å². The number of hydrogen-bond donors (Lipinski definition) is 9. The van der Waals surface area contributed by atoms with Crippen molar-refractivity contribution in [3.05, 3.63) is 22.7 Å². The number of unbranched alkanes of at least 4 members (excludes halogenated alkanes) is 1. The van der Waals surface area contributed by atoms with E-state index in [2.05, 4.69) is 23.4 Å². The highest BCUT2D eigenvalue weighted by Crippen LogP contribution is 2.66. The highest BCUT2D eigenvalue weighted by Gasteiger charge is 2.48. The summed E-state index contributed by atoms with van der Waals surface area (Å²) >= 11 is 0. The van der Waals surface area contributed by atoms with Crippen molar-refractivity contribution in [2.45, 2.75) is 49.8 Å². The second kappa shape index (κ2) is 13.2. The molecular weight excluding hydrogens is 581 g/mol. The van der Waals surface area contributed by atoms with Gasteiger partial charge < -0.3 is 51.9 Å². The van der Waals surface area contributed by atoms with Crippen molar-refractivity contribution >= 4 is 35.2 Å². The number of aromatic nitrogens is 2. The average molecular weight is 610 g/mol. The number of ether oxygens (including phenoxy) is 1. The minimum Gasteiger partial charge on any atom is -0.388 e. The number of carbonyl (C=O) groups excluding carboxylic acids is 1. The van der Waals surface area contributed by atoms with E-state index in [0.29, 0.717) is 19.4 Å². The van der Waals surface area contributed by atoms with Crippen molar-refractivity contribution in [2.24, 2.45) is 11.5 Å². The minimum absolute atomic E-state index is 0.142. The molecule has 20 nitrogen and oxygen atoms in total. The van der Waals surface area contributed by atoms with E-state index in [-0.39, 0.29) is 12.2 Å². The summed E-state index contributed by atoms with van der Waals surface area (Å²) in [5.41, 5.74) is 15.8. The van der Waals surface area contributed by atoms with Crippen LogP contribution in [0.1, 0.15) is 25.5 Å². The van der Waals surface area contributed by atoms with Crippen LogP contribution < -0.4 is 28.2 Å². The lowest BCUT2D eigenvalue weighted by molar-refractivity contribution is -0.124. The van der Waals surface area contributed by atoms with Gasteiger partial charge in [0.1, 0.15) is 24.1 Å². The lowest BCUT2D eigenvalue weighted by Gasteiger charge is -2.24. The average Bonchev–Trinajstić information content (AvgIpc) is 3.05. The number of carbonyl (C=O) groups is 1. The van der Waals surface area contributed by atoms with E-state index in [4.69, 9.17) is 31.7 Å². The molecule has 218 valence electrons. The van der Waals surface area contributed by atoms with Crippen LogP contribution in [0.15, 0.2) is 17.1 Å². The molecule has 1 aromatic rings. The molecule has 7 atom stereocenters. The maximum Gasteiger partial charge on any atom is 0.490 e. The highest BCUT2D eigenvalue weighted by molar-refractivity contribution is 7.66. The molecule has 2 rings (SSSR count). The topological polar surface area (TPSA) is 331 Å². The Balaban J connectivity index is 2.20. The summed E-state index contributed by atoms with van der Waals surface area (Å²) in [4.78, 5) is 64.6. The van der Waals surface area contributed by atoms with Gasteiger partial charge in [0.05, 0.1) is 12.6 Å². The summed E-state index contributed by atoms with van der Waals surface area (Å²) in [5, 5.41) is 13.2. The highest BCUT2D eigenvalue weighted by atomic mass is 31.3. The predicted molar refractivity (Wildman–Crippen MR) is 125 cm³/mol. The summed E-state index contributed by atoms with van der Waals surface area (Å²) < 4.78 is 52.4. The number of anilines is 1. The van der Waals surface area contributed by atoms with Crippen LogP contribution in [0.2, 0.25) is 0 Å². The van der Waals surface area contributed by atoms with Crippen molar-refractivity contribution in [3.63, 3.8) is 0 Å². The second-order valence-electron chi connectivity index (χ2n) is 7.91. The Hall–Kier alpha value is -1.60. The van der Waals surface area contributed by atoms with Gasteiger partial charge in [0, 0.05) is 6.20 Å². The van der Waals surface area contributed by atoms with Crippen LogP contribution in [0, 0.1) is 0 Å². The molecule has 2 heterocycles. The van der Waals surface area contributed by atoms with Gasteiger partial charge in [-0.05, 0) is 25.5 Å². The summed E-state index contributed by atoms with van der Waals surface area (Å²) in [5.74, 6) is -0.874. The maximum atomic E-state index is 12.6. The molecule has 1 amide bonds. The van der Waals surface area contributed by atoms with Gasteiger partial charge in [0.25, 0.3) is 0 Å². The number of nitrogen functional groups attached to an aromatic ring is 1. The number of aliphatic hydroxyl groups excluding tert-OH is 1. The molecule has 1 saturated heterocycles. The fourth-order valence-corrected chi connectivity index (χ4v) is 6.31. The van der Waals surface area contributed by atoms with Crippen LogP contribution in [0.4, 0.5) is 5.82 Å². The number of aliphatic hydroxyl groups is 1. The van der Waals surface area contributed by atoms with Crippen LogP contribution in [0.3, 0.4) is 0 Å². The van der Waals surface area contributed by atoms with Crippen LogP contribution in [-0.2, 0) is 36.4 Å². The molecule has 1 aliphatic rings. The summed E-state index contributed by atoms with van der Waals surface area (Å²) in [7, 11) is -16.9. The zero-order chi connectivity index (χ0) is 28.9. The van der Waals surface area contributed by atoms with Gasteiger partial charge in [-0.2, -0.15) is 13.6 Å². The number of nitrogens with two attached hydrogens (primary N) is 3. The third kappa shape index (κ3) is 9.86. The Morgan fingerprint density at radius 1 is 1.18 bits per heavy atom. The van der Waals surface area contributed by atoms with Crippen LogP contribution in [0.5, 0.6) is 0 Å². The standard InChI is InChI=1S/C15H29N6O14P3/c16-5-2-1-3-8(17)13(23)20-11-12(22)9(33-14(11)21-6-4-10(18)19-15(21)24)7-32-37(28,29)35-38(30,31)34-36(25,26)27/h4,6,8-9,11-12,14,22H,1-3,5,7,16-17H2,(H,20,23)(H,28,29)(H,30,31)(H2,18,19,24)(H2,25,26,27)/t8?,9-,11-,12-,14-/m1/s1. The molecule has 23 heteroatoms. The Labute approximate surface area is 214 Å². The second-order valence-corrected chi connectivity index (χ2v) is 12.3. The largest absolute Gasteiger partial charge is 0.490 e.